The molecule has 0 radical (unpaired) electrons. The molecule has 0 spiro atoms. The average Bonchev–Trinajstić information content (AvgIpc) is 3.58. The molecule has 42 heavy (non-hydrogen) atoms. The Kier molecular flexibility index (Phi) is 5.47. The van der Waals surface area contributed by atoms with E-state index in [-0.39, 0.29) is 5.91 Å². The molecule has 0 aliphatic heterocycles. The number of anilines is 2. The Balaban J connectivity index is 1.16. The van der Waals surface area contributed by atoms with Crippen LogP contribution in [-0.4, -0.2) is 10.5 Å². The van der Waals surface area contributed by atoms with Gasteiger partial charge in [0.25, 0.3) is 0 Å². The van der Waals surface area contributed by atoms with E-state index in [2.05, 4.69) is 102 Å². The van der Waals surface area contributed by atoms with Gasteiger partial charge in [0, 0.05) is 51.1 Å². The predicted octanol–water partition coefficient (Wildman–Crippen LogP) is 10.0. The van der Waals surface area contributed by atoms with E-state index >= 15 is 0 Å². The lowest BCUT2D eigenvalue weighted by Gasteiger charge is -2.22. The lowest BCUT2D eigenvalue weighted by atomic mass is 10.0. The van der Waals surface area contributed by atoms with Crippen molar-refractivity contribution < 1.29 is 9.21 Å². The highest BCUT2D eigenvalue weighted by atomic mass is 16.3. The minimum absolute atomic E-state index is 0.0493. The number of amides is 1. The SMILES string of the molecule is CC(=O)N(c1ccc(-c2cccc3c2oc2ccccc23)cc1)c1ccc(-n2c3ccccc3c3ccccc32)cc1. The average molecular weight is 543 g/mol. The van der Waals surface area contributed by atoms with E-state index in [0.717, 1.165) is 61.2 Å². The summed E-state index contributed by atoms with van der Waals surface area (Å²) in [6.45, 7) is 1.60. The fourth-order valence-electron chi connectivity index (χ4n) is 6.23. The van der Waals surface area contributed by atoms with Crippen LogP contribution in [0.25, 0.3) is 60.6 Å². The fraction of sp³-hybridized carbons (Fsp3) is 0.0263. The quantitative estimate of drug-likeness (QED) is 0.222. The van der Waals surface area contributed by atoms with Gasteiger partial charge in [0.15, 0.2) is 0 Å². The number of carbonyl (C=O) groups is 1. The second kappa shape index (κ2) is 9.50. The van der Waals surface area contributed by atoms with Crippen molar-refractivity contribution in [2.45, 2.75) is 6.92 Å². The number of nitrogens with zero attached hydrogens (tertiary/aromatic N) is 2. The molecule has 0 saturated heterocycles. The summed E-state index contributed by atoms with van der Waals surface area (Å²) in [5.74, 6) is -0.0493. The van der Waals surface area contributed by atoms with Crippen molar-refractivity contribution in [2.24, 2.45) is 0 Å². The molecule has 4 heteroatoms. The molecule has 0 saturated carbocycles. The molecule has 8 rings (SSSR count). The zero-order valence-electron chi connectivity index (χ0n) is 23.0. The molecule has 0 N–H and O–H groups in total. The van der Waals surface area contributed by atoms with Crippen LogP contribution >= 0.6 is 0 Å². The predicted molar refractivity (Wildman–Crippen MR) is 173 cm³/mol. The van der Waals surface area contributed by atoms with Gasteiger partial charge >= 0.3 is 0 Å². The molecule has 6 aromatic carbocycles. The van der Waals surface area contributed by atoms with Crippen molar-refractivity contribution in [2.75, 3.05) is 4.90 Å². The largest absolute Gasteiger partial charge is 0.455 e. The maximum absolute atomic E-state index is 12.9. The summed E-state index contributed by atoms with van der Waals surface area (Å²) in [6.07, 6.45) is 0. The van der Waals surface area contributed by atoms with Crippen LogP contribution < -0.4 is 4.90 Å². The first kappa shape index (κ1) is 24.2. The van der Waals surface area contributed by atoms with Crippen LogP contribution in [0.1, 0.15) is 6.92 Å². The van der Waals surface area contributed by atoms with Crippen molar-refractivity contribution in [1.29, 1.82) is 0 Å². The van der Waals surface area contributed by atoms with E-state index in [1.165, 1.54) is 10.8 Å². The third-order valence-corrected chi connectivity index (χ3v) is 8.10. The summed E-state index contributed by atoms with van der Waals surface area (Å²) in [4.78, 5) is 14.7. The van der Waals surface area contributed by atoms with E-state index in [9.17, 15) is 4.79 Å². The monoisotopic (exact) mass is 542 g/mol. The Morgan fingerprint density at radius 2 is 1.12 bits per heavy atom. The van der Waals surface area contributed by atoms with Crippen LogP contribution in [0.5, 0.6) is 0 Å². The first-order valence-corrected chi connectivity index (χ1v) is 14.1. The number of benzene rings is 6. The molecule has 0 aliphatic carbocycles. The Labute approximate surface area is 242 Å². The molecule has 0 atom stereocenters. The summed E-state index contributed by atoms with van der Waals surface area (Å²) in [5, 5.41) is 4.65. The number of fused-ring (bicyclic) bond motifs is 6. The van der Waals surface area contributed by atoms with Gasteiger partial charge < -0.3 is 8.98 Å². The topological polar surface area (TPSA) is 38.4 Å². The van der Waals surface area contributed by atoms with Crippen LogP contribution in [0.4, 0.5) is 11.4 Å². The van der Waals surface area contributed by atoms with E-state index in [1.54, 1.807) is 11.8 Å². The zero-order valence-corrected chi connectivity index (χ0v) is 23.0. The van der Waals surface area contributed by atoms with Gasteiger partial charge in [-0.2, -0.15) is 0 Å². The molecule has 200 valence electrons. The molecule has 1 amide bonds. The maximum atomic E-state index is 12.9. The highest BCUT2D eigenvalue weighted by molar-refractivity contribution is 6.10. The maximum Gasteiger partial charge on any atom is 0.228 e. The van der Waals surface area contributed by atoms with Crippen LogP contribution in [-0.2, 0) is 4.79 Å². The number of hydrogen-bond donors (Lipinski definition) is 0. The first-order chi connectivity index (χ1) is 20.7. The van der Waals surface area contributed by atoms with Gasteiger partial charge in [-0.3, -0.25) is 9.69 Å². The smallest absolute Gasteiger partial charge is 0.228 e. The zero-order chi connectivity index (χ0) is 28.2. The van der Waals surface area contributed by atoms with E-state index in [1.807, 2.05) is 42.5 Å². The molecule has 0 bridgehead atoms. The van der Waals surface area contributed by atoms with E-state index in [0.29, 0.717) is 0 Å². The Morgan fingerprint density at radius 1 is 0.571 bits per heavy atom. The lowest BCUT2D eigenvalue weighted by Crippen LogP contribution is -2.22. The Morgan fingerprint density at radius 3 is 1.76 bits per heavy atom. The van der Waals surface area contributed by atoms with E-state index < -0.39 is 0 Å². The van der Waals surface area contributed by atoms with Gasteiger partial charge in [-0.05, 0) is 60.2 Å². The summed E-state index contributed by atoms with van der Waals surface area (Å²) in [5.41, 5.74) is 8.81. The van der Waals surface area contributed by atoms with Crippen molar-refractivity contribution in [3.8, 4) is 16.8 Å². The third kappa shape index (κ3) is 3.73. The highest BCUT2D eigenvalue weighted by Crippen LogP contribution is 2.37. The number of rotatable bonds is 4. The van der Waals surface area contributed by atoms with Crippen LogP contribution in [0, 0.1) is 0 Å². The third-order valence-electron chi connectivity index (χ3n) is 8.10. The molecule has 2 aromatic heterocycles. The molecule has 2 heterocycles. The van der Waals surface area contributed by atoms with Crippen LogP contribution in [0.3, 0.4) is 0 Å². The van der Waals surface area contributed by atoms with Crippen molar-refractivity contribution in [1.82, 2.24) is 4.57 Å². The second-order valence-corrected chi connectivity index (χ2v) is 10.6. The molecular formula is C38H26N2O2. The van der Waals surface area contributed by atoms with Gasteiger partial charge in [-0.25, -0.2) is 0 Å². The van der Waals surface area contributed by atoms with E-state index in [4.69, 9.17) is 4.42 Å². The second-order valence-electron chi connectivity index (χ2n) is 10.6. The minimum atomic E-state index is -0.0493. The molecular weight excluding hydrogens is 516 g/mol. The Bertz CT molecular complexity index is 2220. The molecule has 0 fully saturated rings. The van der Waals surface area contributed by atoms with Gasteiger partial charge in [-0.1, -0.05) is 84.9 Å². The highest BCUT2D eigenvalue weighted by Gasteiger charge is 2.17. The molecule has 0 aliphatic rings. The van der Waals surface area contributed by atoms with Gasteiger partial charge in [0.1, 0.15) is 11.2 Å². The van der Waals surface area contributed by atoms with Gasteiger partial charge in [0.05, 0.1) is 11.0 Å². The Hall–Kier alpha value is -5.61. The first-order valence-electron chi connectivity index (χ1n) is 14.1. The van der Waals surface area contributed by atoms with Crippen molar-refractivity contribution >= 4 is 61.0 Å². The van der Waals surface area contributed by atoms with Crippen LogP contribution in [0.2, 0.25) is 0 Å². The number of aromatic nitrogens is 1. The summed E-state index contributed by atoms with van der Waals surface area (Å²) in [7, 11) is 0. The number of hydrogen-bond acceptors (Lipinski definition) is 2. The lowest BCUT2D eigenvalue weighted by molar-refractivity contribution is -0.115. The standard InChI is InChI=1S/C38H26N2O2/c1-25(41)39(27-19-17-26(18-20-27)30-12-8-13-34-33-11-4-7-16-37(33)42-38(30)34)28-21-23-29(24-22-28)40-35-14-5-2-9-31(35)32-10-3-6-15-36(32)40/h2-24H,1H3. The molecule has 0 unspecified atom stereocenters. The molecule has 4 nitrogen and oxygen atoms in total. The number of para-hydroxylation sites is 4. The minimum Gasteiger partial charge on any atom is -0.455 e. The van der Waals surface area contributed by atoms with Crippen LogP contribution in [0.15, 0.2) is 144 Å². The van der Waals surface area contributed by atoms with Gasteiger partial charge in [0.2, 0.25) is 5.91 Å². The van der Waals surface area contributed by atoms with Gasteiger partial charge in [-0.15, -0.1) is 0 Å². The summed E-state index contributed by atoms with van der Waals surface area (Å²) < 4.78 is 8.53. The number of furan rings is 1. The van der Waals surface area contributed by atoms with Crippen molar-refractivity contribution in [3.63, 3.8) is 0 Å². The normalized spacial score (nSPS) is 11.5. The molecule has 8 aromatic rings. The summed E-state index contributed by atoms with van der Waals surface area (Å²) >= 11 is 0. The van der Waals surface area contributed by atoms with Crippen molar-refractivity contribution in [3.05, 3.63) is 140 Å². The fourth-order valence-corrected chi connectivity index (χ4v) is 6.23. The number of carbonyl (C=O) groups excluding carboxylic acids is 1. The summed E-state index contributed by atoms with van der Waals surface area (Å²) in [6, 6.07) is 47.6.